The second-order valence-corrected chi connectivity index (χ2v) is 5.88. The molecule has 1 aromatic rings. The zero-order valence-corrected chi connectivity index (χ0v) is 11.7. The molecular weight excluding hydrogens is 296 g/mol. The Morgan fingerprint density at radius 3 is 3.22 bits per heavy atom. The molecule has 0 aliphatic carbocycles. The largest absolute Gasteiger partial charge is 0.366 e. The van der Waals surface area contributed by atoms with Gasteiger partial charge in [-0.25, -0.2) is 4.98 Å². The molecule has 0 bridgehead atoms. The molecule has 1 aromatic heterocycles. The highest BCUT2D eigenvalue weighted by atomic mass is 79.9. The number of fused-ring (bicyclic) bond motifs is 1. The van der Waals surface area contributed by atoms with E-state index in [1.807, 2.05) is 0 Å². The van der Waals surface area contributed by atoms with E-state index in [1.54, 1.807) is 0 Å². The number of hydrogen-bond donors (Lipinski definition) is 2. The molecule has 0 aromatic carbocycles. The third-order valence-electron chi connectivity index (χ3n) is 3.96. The molecule has 18 heavy (non-hydrogen) atoms. The van der Waals surface area contributed by atoms with Gasteiger partial charge in [-0.2, -0.15) is 0 Å². The summed E-state index contributed by atoms with van der Waals surface area (Å²) in [6.45, 7) is 2.41. The van der Waals surface area contributed by atoms with Crippen LogP contribution in [-0.2, 0) is 0 Å². The Kier molecular flexibility index (Phi) is 3.39. The van der Waals surface area contributed by atoms with E-state index in [1.165, 1.54) is 25.7 Å². The number of H-pyrrole nitrogens is 1. The molecule has 2 atom stereocenters. The van der Waals surface area contributed by atoms with Crippen LogP contribution < -0.4 is 10.9 Å². The summed E-state index contributed by atoms with van der Waals surface area (Å²) < 4.78 is 0.499. The Hall–Kier alpha value is -0.880. The lowest BCUT2D eigenvalue weighted by Gasteiger charge is -2.35. The summed E-state index contributed by atoms with van der Waals surface area (Å²) in [7, 11) is 0. The van der Waals surface area contributed by atoms with Crippen molar-refractivity contribution in [1.82, 2.24) is 14.9 Å². The molecular formula is C12H17BrN4O. The summed E-state index contributed by atoms with van der Waals surface area (Å²) in [5.74, 6) is 0.662. The smallest absolute Gasteiger partial charge is 0.267 e. The molecule has 5 nitrogen and oxygen atoms in total. The minimum absolute atomic E-state index is 0.134. The van der Waals surface area contributed by atoms with Crippen LogP contribution >= 0.6 is 15.9 Å². The molecule has 3 rings (SSSR count). The molecule has 0 amide bonds. The normalized spacial score (nSPS) is 28.1. The van der Waals surface area contributed by atoms with E-state index in [2.05, 4.69) is 36.1 Å². The minimum atomic E-state index is -0.134. The Morgan fingerprint density at radius 1 is 1.44 bits per heavy atom. The Labute approximate surface area is 114 Å². The van der Waals surface area contributed by atoms with Crippen molar-refractivity contribution in [2.45, 2.75) is 37.8 Å². The van der Waals surface area contributed by atoms with Crippen LogP contribution in [0.4, 0.5) is 5.82 Å². The van der Waals surface area contributed by atoms with Gasteiger partial charge in [0.2, 0.25) is 0 Å². The Balaban J connectivity index is 1.69. The van der Waals surface area contributed by atoms with Gasteiger partial charge in [-0.3, -0.25) is 4.79 Å². The highest BCUT2D eigenvalue weighted by molar-refractivity contribution is 9.10. The number of anilines is 1. The Bertz CT molecular complexity index is 489. The molecule has 2 N–H and O–H groups in total. The first kappa shape index (κ1) is 12.2. The molecule has 0 saturated carbocycles. The monoisotopic (exact) mass is 312 g/mol. The fourth-order valence-electron chi connectivity index (χ4n) is 3.03. The van der Waals surface area contributed by atoms with Crippen LogP contribution in [0.5, 0.6) is 0 Å². The van der Waals surface area contributed by atoms with Crippen LogP contribution in [0.3, 0.4) is 0 Å². The van der Waals surface area contributed by atoms with Gasteiger partial charge in [0.05, 0.1) is 6.33 Å². The van der Waals surface area contributed by atoms with Gasteiger partial charge in [0.15, 0.2) is 0 Å². The van der Waals surface area contributed by atoms with E-state index in [9.17, 15) is 4.79 Å². The van der Waals surface area contributed by atoms with Crippen molar-refractivity contribution in [3.8, 4) is 0 Å². The highest BCUT2D eigenvalue weighted by Gasteiger charge is 2.31. The summed E-state index contributed by atoms with van der Waals surface area (Å²) in [4.78, 5) is 20.8. The molecule has 0 radical (unpaired) electrons. The number of hydrogen-bond acceptors (Lipinski definition) is 4. The first-order valence-electron chi connectivity index (χ1n) is 6.48. The number of piperidine rings is 1. The summed E-state index contributed by atoms with van der Waals surface area (Å²) in [5, 5.41) is 3.40. The maximum atomic E-state index is 11.5. The van der Waals surface area contributed by atoms with E-state index < -0.39 is 0 Å². The van der Waals surface area contributed by atoms with Crippen molar-refractivity contribution >= 4 is 21.7 Å². The molecule has 3 heterocycles. The average molecular weight is 313 g/mol. The van der Waals surface area contributed by atoms with Gasteiger partial charge >= 0.3 is 0 Å². The van der Waals surface area contributed by atoms with Crippen molar-refractivity contribution < 1.29 is 0 Å². The van der Waals surface area contributed by atoms with Crippen molar-refractivity contribution in [3.63, 3.8) is 0 Å². The number of nitrogens with zero attached hydrogens (tertiary/aromatic N) is 2. The number of nitrogens with one attached hydrogen (secondary N) is 2. The van der Waals surface area contributed by atoms with Crippen LogP contribution in [0, 0.1) is 0 Å². The van der Waals surface area contributed by atoms with Gasteiger partial charge in [0, 0.05) is 18.6 Å². The third kappa shape index (κ3) is 2.31. The predicted molar refractivity (Wildman–Crippen MR) is 73.8 cm³/mol. The second kappa shape index (κ2) is 5.01. The lowest BCUT2D eigenvalue weighted by atomic mass is 9.98. The topological polar surface area (TPSA) is 61.0 Å². The molecule has 2 saturated heterocycles. The maximum absolute atomic E-state index is 11.5. The SMILES string of the molecule is O=c1[nH]cnc(NC2CCN3CCCC3C2)c1Br. The summed E-state index contributed by atoms with van der Waals surface area (Å²) in [6.07, 6.45) is 6.35. The molecule has 2 aliphatic rings. The zero-order valence-electron chi connectivity index (χ0n) is 10.2. The minimum Gasteiger partial charge on any atom is -0.366 e. The van der Waals surface area contributed by atoms with Gasteiger partial charge in [-0.15, -0.1) is 0 Å². The fourth-order valence-corrected chi connectivity index (χ4v) is 3.36. The highest BCUT2D eigenvalue weighted by Crippen LogP contribution is 2.28. The second-order valence-electron chi connectivity index (χ2n) is 5.09. The van der Waals surface area contributed by atoms with Gasteiger partial charge < -0.3 is 15.2 Å². The standard InChI is InChI=1S/C12H17BrN4O/c13-10-11(14-7-15-12(10)18)16-8-3-5-17-4-1-2-9(17)6-8/h7-9H,1-6H2,(H2,14,15,16,18). The summed E-state index contributed by atoms with van der Waals surface area (Å²) >= 11 is 3.28. The van der Waals surface area contributed by atoms with Gasteiger partial charge in [0.25, 0.3) is 5.56 Å². The number of aromatic amines is 1. The lowest BCUT2D eigenvalue weighted by molar-refractivity contribution is 0.188. The van der Waals surface area contributed by atoms with E-state index in [-0.39, 0.29) is 5.56 Å². The molecule has 6 heteroatoms. The van der Waals surface area contributed by atoms with Crippen LogP contribution in [0.25, 0.3) is 0 Å². The van der Waals surface area contributed by atoms with Crippen molar-refractivity contribution in [2.24, 2.45) is 0 Å². The Morgan fingerprint density at radius 2 is 2.33 bits per heavy atom. The van der Waals surface area contributed by atoms with E-state index in [0.717, 1.165) is 25.4 Å². The third-order valence-corrected chi connectivity index (χ3v) is 4.69. The van der Waals surface area contributed by atoms with Gasteiger partial charge in [-0.1, -0.05) is 0 Å². The van der Waals surface area contributed by atoms with Crippen LogP contribution in [0.15, 0.2) is 15.6 Å². The summed E-state index contributed by atoms with van der Waals surface area (Å²) in [5.41, 5.74) is -0.134. The van der Waals surface area contributed by atoms with E-state index in [4.69, 9.17) is 0 Å². The first-order chi connectivity index (χ1) is 8.74. The number of halogens is 1. The lowest BCUT2D eigenvalue weighted by Crippen LogP contribution is -2.43. The molecule has 2 unspecified atom stereocenters. The number of rotatable bonds is 2. The van der Waals surface area contributed by atoms with E-state index >= 15 is 0 Å². The van der Waals surface area contributed by atoms with Gasteiger partial charge in [0.1, 0.15) is 10.3 Å². The van der Waals surface area contributed by atoms with Crippen molar-refractivity contribution in [2.75, 3.05) is 18.4 Å². The average Bonchev–Trinajstić information content (AvgIpc) is 2.82. The zero-order chi connectivity index (χ0) is 12.5. The molecule has 2 aliphatic heterocycles. The quantitative estimate of drug-likeness (QED) is 0.870. The van der Waals surface area contributed by atoms with Crippen LogP contribution in [-0.4, -0.2) is 40.0 Å². The van der Waals surface area contributed by atoms with Gasteiger partial charge in [-0.05, 0) is 48.2 Å². The van der Waals surface area contributed by atoms with E-state index in [0.29, 0.717) is 16.3 Å². The summed E-state index contributed by atoms with van der Waals surface area (Å²) in [6, 6.07) is 1.15. The molecule has 2 fully saturated rings. The first-order valence-corrected chi connectivity index (χ1v) is 7.27. The molecule has 0 spiro atoms. The molecule has 98 valence electrons. The predicted octanol–water partition coefficient (Wildman–Crippen LogP) is 1.57. The van der Waals surface area contributed by atoms with Crippen LogP contribution in [0.2, 0.25) is 0 Å². The number of aromatic nitrogens is 2. The maximum Gasteiger partial charge on any atom is 0.267 e. The fraction of sp³-hybridized carbons (Fsp3) is 0.667. The van der Waals surface area contributed by atoms with Crippen LogP contribution in [0.1, 0.15) is 25.7 Å². The van der Waals surface area contributed by atoms with Crippen molar-refractivity contribution in [1.29, 1.82) is 0 Å². The van der Waals surface area contributed by atoms with Crippen molar-refractivity contribution in [3.05, 3.63) is 21.2 Å².